The highest BCUT2D eigenvalue weighted by molar-refractivity contribution is 5.86. The van der Waals surface area contributed by atoms with Crippen molar-refractivity contribution in [1.82, 2.24) is 15.1 Å². The van der Waals surface area contributed by atoms with Crippen molar-refractivity contribution in [2.24, 2.45) is 0 Å². The molecule has 1 atom stereocenters. The summed E-state index contributed by atoms with van der Waals surface area (Å²) < 4.78 is 5.93. The van der Waals surface area contributed by atoms with Gasteiger partial charge in [0.25, 0.3) is 0 Å². The molecule has 1 heterocycles. The third kappa shape index (κ3) is 4.40. The number of rotatable bonds is 6. The van der Waals surface area contributed by atoms with Gasteiger partial charge in [0.2, 0.25) is 5.91 Å². The van der Waals surface area contributed by atoms with Crippen molar-refractivity contribution in [3.05, 3.63) is 33.8 Å². The van der Waals surface area contributed by atoms with Gasteiger partial charge in [-0.15, -0.1) is 0 Å². The van der Waals surface area contributed by atoms with Crippen LogP contribution in [0.3, 0.4) is 0 Å². The van der Waals surface area contributed by atoms with Gasteiger partial charge in [0, 0.05) is 11.8 Å². The molecule has 9 heteroatoms. The lowest BCUT2D eigenvalue weighted by molar-refractivity contribution is -0.385. The van der Waals surface area contributed by atoms with E-state index in [1.54, 1.807) is 20.8 Å². The van der Waals surface area contributed by atoms with Crippen LogP contribution >= 0.6 is 0 Å². The molecular formula is C13H18N4O5. The minimum Gasteiger partial charge on any atom is -0.463 e. The summed E-state index contributed by atoms with van der Waals surface area (Å²) in [5.41, 5.74) is 0.385. The van der Waals surface area contributed by atoms with Crippen LogP contribution in [0.15, 0.2) is 18.0 Å². The van der Waals surface area contributed by atoms with E-state index < -0.39 is 22.8 Å². The zero-order valence-electron chi connectivity index (χ0n) is 12.8. The number of hydrogen-bond donors (Lipinski definition) is 1. The highest BCUT2D eigenvalue weighted by Gasteiger charge is 2.22. The van der Waals surface area contributed by atoms with Crippen LogP contribution in [0.4, 0.5) is 5.69 Å². The smallest absolute Gasteiger partial charge is 0.332 e. The fraction of sp³-hybridized carbons (Fsp3) is 0.462. The fourth-order valence-corrected chi connectivity index (χ4v) is 1.67. The zero-order valence-corrected chi connectivity index (χ0v) is 12.8. The van der Waals surface area contributed by atoms with Gasteiger partial charge in [-0.25, -0.2) is 4.79 Å². The number of carbonyl (C=O) groups excluding carboxylic acids is 2. The van der Waals surface area contributed by atoms with Gasteiger partial charge in [-0.3, -0.25) is 19.6 Å². The summed E-state index contributed by atoms with van der Waals surface area (Å²) in [6, 6.07) is -0.766. The summed E-state index contributed by atoms with van der Waals surface area (Å²) in [7, 11) is 0. The van der Waals surface area contributed by atoms with Gasteiger partial charge in [0.1, 0.15) is 17.9 Å². The first-order valence-corrected chi connectivity index (χ1v) is 6.62. The largest absolute Gasteiger partial charge is 0.463 e. The highest BCUT2D eigenvalue weighted by atomic mass is 16.6. The van der Waals surface area contributed by atoms with Crippen molar-refractivity contribution >= 4 is 17.6 Å². The van der Waals surface area contributed by atoms with Gasteiger partial charge in [0.15, 0.2) is 0 Å². The maximum absolute atomic E-state index is 12.0. The zero-order chi connectivity index (χ0) is 16.9. The number of esters is 1. The molecule has 22 heavy (non-hydrogen) atoms. The second-order valence-electron chi connectivity index (χ2n) is 4.58. The van der Waals surface area contributed by atoms with Gasteiger partial charge in [-0.05, 0) is 27.7 Å². The van der Waals surface area contributed by atoms with Crippen LogP contribution in [-0.2, 0) is 14.3 Å². The maximum atomic E-state index is 12.0. The lowest BCUT2D eigenvalue weighted by Gasteiger charge is -2.12. The molecule has 0 aliphatic carbocycles. The Morgan fingerprint density at radius 1 is 1.59 bits per heavy atom. The number of hydrogen-bond acceptors (Lipinski definition) is 6. The number of nitrogens with one attached hydrogen (secondary N) is 1. The summed E-state index contributed by atoms with van der Waals surface area (Å²) in [5.74, 6) is -1.01. The summed E-state index contributed by atoms with van der Waals surface area (Å²) in [6.07, 6.45) is 2.36. The van der Waals surface area contributed by atoms with E-state index in [4.69, 9.17) is 4.74 Å². The number of allylic oxidation sites excluding steroid dienone is 1. The molecule has 120 valence electrons. The topological polar surface area (TPSA) is 116 Å². The summed E-state index contributed by atoms with van der Waals surface area (Å²) in [6.45, 7) is 6.49. The Bertz CT molecular complexity index is 620. The van der Waals surface area contributed by atoms with Gasteiger partial charge in [-0.2, -0.15) is 5.10 Å². The molecule has 0 saturated heterocycles. The molecule has 1 rings (SSSR count). The van der Waals surface area contributed by atoms with E-state index in [-0.39, 0.29) is 18.0 Å². The number of aromatic nitrogens is 2. The lowest BCUT2D eigenvalue weighted by Crippen LogP contribution is -2.30. The fourth-order valence-electron chi connectivity index (χ4n) is 1.67. The average molecular weight is 310 g/mol. The van der Waals surface area contributed by atoms with Crippen LogP contribution in [0.1, 0.15) is 32.5 Å². The minimum absolute atomic E-state index is 0.154. The Kier molecular flexibility index (Phi) is 5.79. The minimum atomic E-state index is -0.766. The van der Waals surface area contributed by atoms with E-state index in [2.05, 4.69) is 10.4 Å². The third-order valence-corrected chi connectivity index (χ3v) is 2.80. The Hall–Kier alpha value is -2.71. The lowest BCUT2D eigenvalue weighted by atomic mass is 10.3. The molecule has 0 aromatic carbocycles. The van der Waals surface area contributed by atoms with Crippen LogP contribution in [0.2, 0.25) is 0 Å². The van der Waals surface area contributed by atoms with E-state index in [9.17, 15) is 19.7 Å². The number of nitro groups is 1. The van der Waals surface area contributed by atoms with Gasteiger partial charge in [0.05, 0.1) is 11.5 Å². The SMILES string of the molecule is CCOC(=O)/C=C(\C)NC(=O)C(C)n1cc([N+](=O)[O-])c(C)n1. The molecule has 0 aliphatic heterocycles. The first-order valence-electron chi connectivity index (χ1n) is 6.62. The molecule has 1 N–H and O–H groups in total. The van der Waals surface area contributed by atoms with Crippen molar-refractivity contribution < 1.29 is 19.2 Å². The first kappa shape index (κ1) is 17.3. The van der Waals surface area contributed by atoms with Gasteiger partial charge >= 0.3 is 11.7 Å². The van der Waals surface area contributed by atoms with E-state index in [1.165, 1.54) is 17.8 Å². The van der Waals surface area contributed by atoms with Gasteiger partial charge in [-0.1, -0.05) is 0 Å². The van der Waals surface area contributed by atoms with Crippen molar-refractivity contribution in [2.45, 2.75) is 33.7 Å². The van der Waals surface area contributed by atoms with Gasteiger partial charge < -0.3 is 10.1 Å². The molecule has 0 saturated carbocycles. The molecule has 0 spiro atoms. The number of nitrogens with zero attached hydrogens (tertiary/aromatic N) is 3. The predicted octanol–water partition coefficient (Wildman–Crippen LogP) is 1.24. The third-order valence-electron chi connectivity index (χ3n) is 2.80. The normalized spacial score (nSPS) is 12.6. The second-order valence-corrected chi connectivity index (χ2v) is 4.58. The molecule has 0 bridgehead atoms. The Labute approximate surface area is 127 Å². The highest BCUT2D eigenvalue weighted by Crippen LogP contribution is 2.18. The van der Waals surface area contributed by atoms with Crippen LogP contribution in [0, 0.1) is 17.0 Å². The molecule has 1 amide bonds. The van der Waals surface area contributed by atoms with Crippen molar-refractivity contribution in [3.8, 4) is 0 Å². The number of carbonyl (C=O) groups is 2. The molecule has 9 nitrogen and oxygen atoms in total. The van der Waals surface area contributed by atoms with Crippen LogP contribution in [0.5, 0.6) is 0 Å². The number of amides is 1. The predicted molar refractivity (Wildman–Crippen MR) is 76.9 cm³/mol. The average Bonchev–Trinajstić information content (AvgIpc) is 2.79. The molecule has 0 fully saturated rings. The van der Waals surface area contributed by atoms with E-state index >= 15 is 0 Å². The van der Waals surface area contributed by atoms with E-state index in [0.717, 1.165) is 6.08 Å². The number of aryl methyl sites for hydroxylation is 1. The van der Waals surface area contributed by atoms with E-state index in [0.29, 0.717) is 5.70 Å². The van der Waals surface area contributed by atoms with Crippen molar-refractivity contribution in [2.75, 3.05) is 6.61 Å². The maximum Gasteiger partial charge on any atom is 0.332 e. The molecule has 1 unspecified atom stereocenters. The van der Waals surface area contributed by atoms with Crippen LogP contribution < -0.4 is 5.32 Å². The Balaban J connectivity index is 2.79. The van der Waals surface area contributed by atoms with Crippen molar-refractivity contribution in [3.63, 3.8) is 0 Å². The molecule has 0 radical (unpaired) electrons. The summed E-state index contributed by atoms with van der Waals surface area (Å²) in [4.78, 5) is 33.5. The summed E-state index contributed by atoms with van der Waals surface area (Å²) >= 11 is 0. The molecule has 1 aromatic rings. The van der Waals surface area contributed by atoms with Crippen LogP contribution in [0.25, 0.3) is 0 Å². The van der Waals surface area contributed by atoms with Crippen molar-refractivity contribution in [1.29, 1.82) is 0 Å². The summed E-state index contributed by atoms with van der Waals surface area (Å²) in [5, 5.41) is 17.2. The number of ether oxygens (including phenoxy) is 1. The molecular weight excluding hydrogens is 292 g/mol. The molecule has 0 aliphatic rings. The first-order chi connectivity index (χ1) is 10.3. The standard InChI is InChI=1S/C13H18N4O5/c1-5-22-12(18)6-8(2)14-13(19)10(4)16-7-11(17(20)21)9(3)15-16/h6-7,10H,5H2,1-4H3,(H,14,19)/b8-6+. The second kappa shape index (κ2) is 7.34. The Morgan fingerprint density at radius 3 is 2.73 bits per heavy atom. The van der Waals surface area contributed by atoms with Crippen LogP contribution in [-0.4, -0.2) is 33.2 Å². The monoisotopic (exact) mass is 310 g/mol. The Morgan fingerprint density at radius 2 is 2.23 bits per heavy atom. The molecule has 1 aromatic heterocycles. The quantitative estimate of drug-likeness (QED) is 0.366. The van der Waals surface area contributed by atoms with E-state index in [1.807, 2.05) is 0 Å².